The maximum absolute atomic E-state index is 12.7. The lowest BCUT2D eigenvalue weighted by atomic mass is 10.0. The van der Waals surface area contributed by atoms with Gasteiger partial charge in [0.2, 0.25) is 0 Å². The SMILES string of the molecule is CC(O)C1CCc2c(cn(C)c2C(=O)Nc2ccncc2)S(=N)N1. The molecule has 0 radical (unpaired) electrons. The van der Waals surface area contributed by atoms with E-state index in [0.29, 0.717) is 24.2 Å². The highest BCUT2D eigenvalue weighted by Gasteiger charge is 2.28. The second kappa shape index (κ2) is 6.84. The van der Waals surface area contributed by atoms with Crippen LogP contribution in [-0.4, -0.2) is 32.7 Å². The first-order valence-electron chi connectivity index (χ1n) is 7.76. The third kappa shape index (κ3) is 3.26. The molecule has 1 aliphatic heterocycles. The Labute approximate surface area is 143 Å². The molecule has 3 rings (SSSR count). The van der Waals surface area contributed by atoms with Gasteiger partial charge in [0.25, 0.3) is 5.91 Å². The van der Waals surface area contributed by atoms with Gasteiger partial charge in [-0.15, -0.1) is 0 Å². The summed E-state index contributed by atoms with van der Waals surface area (Å²) in [4.78, 5) is 17.5. The summed E-state index contributed by atoms with van der Waals surface area (Å²) in [7, 11) is 0.862. The minimum absolute atomic E-state index is 0.139. The van der Waals surface area contributed by atoms with Gasteiger partial charge in [0.15, 0.2) is 0 Å². The van der Waals surface area contributed by atoms with E-state index in [1.54, 1.807) is 36.0 Å². The van der Waals surface area contributed by atoms with E-state index in [2.05, 4.69) is 15.0 Å². The fourth-order valence-electron chi connectivity index (χ4n) is 2.90. The lowest BCUT2D eigenvalue weighted by Crippen LogP contribution is -2.38. The lowest BCUT2D eigenvalue weighted by molar-refractivity contribution is 0.101. The second-order valence-corrected chi connectivity index (χ2v) is 7.22. The maximum atomic E-state index is 12.7. The standard InChI is InChI=1S/C16H21N5O2S/c1-10(22)13-4-3-12-14(24(17)20-13)9-21(2)15(12)16(23)19-11-5-7-18-8-6-11/h5-10,13,22H,3-4H2,1-2H3,(H2,17,20)(H,18,19,23). The molecule has 0 aliphatic carbocycles. The molecule has 0 fully saturated rings. The summed E-state index contributed by atoms with van der Waals surface area (Å²) in [5.74, 6) is -0.197. The zero-order chi connectivity index (χ0) is 17.3. The van der Waals surface area contributed by atoms with E-state index in [0.717, 1.165) is 10.5 Å². The van der Waals surface area contributed by atoms with Crippen LogP contribution in [0.2, 0.25) is 0 Å². The molecule has 24 heavy (non-hydrogen) atoms. The Bertz CT molecular complexity index is 772. The first-order valence-corrected chi connectivity index (χ1v) is 8.99. The van der Waals surface area contributed by atoms with Gasteiger partial charge in [0, 0.05) is 37.4 Å². The number of pyridine rings is 1. The zero-order valence-corrected chi connectivity index (χ0v) is 14.4. The Morgan fingerprint density at radius 2 is 2.25 bits per heavy atom. The van der Waals surface area contributed by atoms with Crippen molar-refractivity contribution in [3.63, 3.8) is 0 Å². The first kappa shape index (κ1) is 16.8. The number of carbonyl (C=O) groups is 1. The molecule has 0 bridgehead atoms. The average molecular weight is 347 g/mol. The molecule has 1 amide bonds. The van der Waals surface area contributed by atoms with Crippen LogP contribution in [0.25, 0.3) is 0 Å². The third-order valence-corrected chi connectivity index (χ3v) is 5.51. The van der Waals surface area contributed by atoms with Crippen LogP contribution in [0.5, 0.6) is 0 Å². The highest BCUT2D eigenvalue weighted by atomic mass is 32.2. The summed E-state index contributed by atoms with van der Waals surface area (Å²) < 4.78 is 13.3. The van der Waals surface area contributed by atoms with Gasteiger partial charge in [0.05, 0.1) is 11.0 Å². The average Bonchev–Trinajstić information content (AvgIpc) is 2.79. The van der Waals surface area contributed by atoms with Crippen molar-refractivity contribution < 1.29 is 9.90 Å². The van der Waals surface area contributed by atoms with E-state index < -0.39 is 17.0 Å². The van der Waals surface area contributed by atoms with Gasteiger partial charge in [0.1, 0.15) is 5.69 Å². The molecule has 0 aromatic carbocycles. The molecule has 0 saturated carbocycles. The van der Waals surface area contributed by atoms with Crippen LogP contribution in [0, 0.1) is 4.78 Å². The molecule has 1 aliphatic rings. The fourth-order valence-corrected chi connectivity index (χ4v) is 4.35. The predicted molar refractivity (Wildman–Crippen MR) is 92.9 cm³/mol. The number of rotatable bonds is 3. The van der Waals surface area contributed by atoms with E-state index >= 15 is 0 Å². The van der Waals surface area contributed by atoms with Gasteiger partial charge in [-0.2, -0.15) is 0 Å². The van der Waals surface area contributed by atoms with Crippen LogP contribution in [0.15, 0.2) is 35.6 Å². The molecule has 4 N–H and O–H groups in total. The number of nitrogens with zero attached hydrogens (tertiary/aromatic N) is 2. The molecule has 0 spiro atoms. The monoisotopic (exact) mass is 347 g/mol. The van der Waals surface area contributed by atoms with E-state index in [1.165, 1.54) is 0 Å². The number of hydrogen-bond donors (Lipinski definition) is 4. The maximum Gasteiger partial charge on any atom is 0.272 e. The molecule has 128 valence electrons. The molecule has 7 nitrogen and oxygen atoms in total. The van der Waals surface area contributed by atoms with Gasteiger partial charge in [-0.3, -0.25) is 14.6 Å². The number of aliphatic hydroxyl groups is 1. The van der Waals surface area contributed by atoms with Crippen LogP contribution in [-0.2, 0) is 24.3 Å². The zero-order valence-electron chi connectivity index (χ0n) is 13.6. The summed E-state index contributed by atoms with van der Waals surface area (Å²) in [5.41, 5.74) is 2.14. The minimum atomic E-state index is -0.956. The van der Waals surface area contributed by atoms with E-state index in [4.69, 9.17) is 4.78 Å². The highest BCUT2D eigenvalue weighted by molar-refractivity contribution is 7.84. The van der Waals surface area contributed by atoms with Crippen molar-refractivity contribution in [1.82, 2.24) is 14.3 Å². The molecule has 2 aromatic rings. The quantitative estimate of drug-likeness (QED) is 0.677. The number of aromatic nitrogens is 2. The topological polar surface area (TPSA) is 103 Å². The molecule has 3 atom stereocenters. The van der Waals surface area contributed by atoms with Crippen molar-refractivity contribution in [3.8, 4) is 0 Å². The van der Waals surface area contributed by atoms with Crippen LogP contribution >= 0.6 is 0 Å². The summed E-state index contributed by atoms with van der Waals surface area (Å²) in [6.07, 6.45) is 5.90. The molecule has 3 heterocycles. The normalized spacial score (nSPS) is 21.6. The van der Waals surface area contributed by atoms with Crippen molar-refractivity contribution in [2.24, 2.45) is 7.05 Å². The van der Waals surface area contributed by atoms with Crippen molar-refractivity contribution in [2.75, 3.05) is 5.32 Å². The third-order valence-electron chi connectivity index (χ3n) is 4.18. The Balaban J connectivity index is 1.91. The van der Waals surface area contributed by atoms with Crippen molar-refractivity contribution in [2.45, 2.75) is 36.8 Å². The molecule has 8 heteroatoms. The Kier molecular flexibility index (Phi) is 4.79. The van der Waals surface area contributed by atoms with Crippen molar-refractivity contribution >= 4 is 22.5 Å². The highest BCUT2D eigenvalue weighted by Crippen LogP contribution is 2.27. The molecule has 3 unspecified atom stereocenters. The molecule has 0 saturated heterocycles. The first-order chi connectivity index (χ1) is 11.5. The largest absolute Gasteiger partial charge is 0.392 e. The minimum Gasteiger partial charge on any atom is -0.392 e. The van der Waals surface area contributed by atoms with Gasteiger partial charge < -0.3 is 15.0 Å². The van der Waals surface area contributed by atoms with Gasteiger partial charge in [-0.05, 0) is 48.3 Å². The van der Waals surface area contributed by atoms with Crippen LogP contribution < -0.4 is 10.0 Å². The number of carbonyl (C=O) groups excluding carboxylic acids is 1. The lowest BCUT2D eigenvalue weighted by Gasteiger charge is -2.19. The Hall–Kier alpha value is -2.03. The molecule has 2 aromatic heterocycles. The number of hydrogen-bond acceptors (Lipinski definition) is 4. The summed E-state index contributed by atoms with van der Waals surface area (Å²) in [6, 6.07) is 3.33. The fraction of sp³-hybridized carbons (Fsp3) is 0.375. The van der Waals surface area contributed by atoms with E-state index in [-0.39, 0.29) is 11.9 Å². The molecular weight excluding hydrogens is 326 g/mol. The number of aliphatic hydroxyl groups excluding tert-OH is 1. The number of nitrogens with one attached hydrogen (secondary N) is 3. The van der Waals surface area contributed by atoms with Crippen molar-refractivity contribution in [3.05, 3.63) is 42.0 Å². The van der Waals surface area contributed by atoms with Gasteiger partial charge >= 0.3 is 0 Å². The van der Waals surface area contributed by atoms with E-state index in [9.17, 15) is 9.90 Å². The predicted octanol–water partition coefficient (Wildman–Crippen LogP) is 1.61. The summed E-state index contributed by atoms with van der Waals surface area (Å²) in [5, 5.41) is 12.7. The van der Waals surface area contributed by atoms with E-state index in [1.807, 2.05) is 13.2 Å². The number of fused-ring (bicyclic) bond motifs is 1. The number of aryl methyl sites for hydroxylation is 1. The number of anilines is 1. The van der Waals surface area contributed by atoms with Crippen LogP contribution in [0.4, 0.5) is 5.69 Å². The summed E-state index contributed by atoms with van der Waals surface area (Å²) >= 11 is 0. The molecular formula is C16H21N5O2S. The van der Waals surface area contributed by atoms with Gasteiger partial charge in [-0.25, -0.2) is 4.72 Å². The van der Waals surface area contributed by atoms with Crippen molar-refractivity contribution in [1.29, 1.82) is 4.78 Å². The Morgan fingerprint density at radius 3 is 2.92 bits per heavy atom. The van der Waals surface area contributed by atoms with Crippen LogP contribution in [0.3, 0.4) is 0 Å². The smallest absolute Gasteiger partial charge is 0.272 e. The number of amides is 1. The van der Waals surface area contributed by atoms with Crippen LogP contribution in [0.1, 0.15) is 29.4 Å². The Morgan fingerprint density at radius 1 is 1.54 bits per heavy atom. The second-order valence-electron chi connectivity index (χ2n) is 5.93. The summed E-state index contributed by atoms with van der Waals surface area (Å²) in [6.45, 7) is 1.72. The van der Waals surface area contributed by atoms with Gasteiger partial charge in [-0.1, -0.05) is 0 Å².